The van der Waals surface area contributed by atoms with Crippen molar-refractivity contribution < 1.29 is 17.7 Å². The minimum Gasteiger partial charge on any atom is -0.381 e. The van der Waals surface area contributed by atoms with Crippen molar-refractivity contribution in [3.63, 3.8) is 0 Å². The zero-order valence-corrected chi connectivity index (χ0v) is 24.0. The molecule has 1 atom stereocenters. The summed E-state index contributed by atoms with van der Waals surface area (Å²) in [5, 5.41) is 8.90. The molecule has 1 saturated heterocycles. The highest BCUT2D eigenvalue weighted by Crippen LogP contribution is 2.40. The maximum Gasteiger partial charge on any atom is 0.160 e. The molecule has 0 spiro atoms. The van der Waals surface area contributed by atoms with Gasteiger partial charge >= 0.3 is 0 Å². The van der Waals surface area contributed by atoms with Gasteiger partial charge in [-0.3, -0.25) is 0 Å². The monoisotopic (exact) mass is 553 g/mol. The van der Waals surface area contributed by atoms with Crippen LogP contribution < -0.4 is 4.72 Å². The van der Waals surface area contributed by atoms with E-state index >= 15 is 0 Å². The largest absolute Gasteiger partial charge is 0.381 e. The molecule has 5 nitrogen and oxygen atoms in total. The Hall–Kier alpha value is -3.36. The number of anilines is 1. The second-order valence-electron chi connectivity index (χ2n) is 8.62. The fourth-order valence-electron chi connectivity index (χ4n) is 4.80. The van der Waals surface area contributed by atoms with Crippen LogP contribution in [0.4, 0.5) is 14.5 Å². The SMILES string of the molecule is CC.CC.Cc1c(C2CCOCC2)n(-c2ccc(F)c(F)c2)c2cc(C=N)c(NS(=O)c3ccccc3)cc12. The molecule has 0 aliphatic carbocycles. The Balaban J connectivity index is 0.00000100. The van der Waals surface area contributed by atoms with E-state index in [0.717, 1.165) is 41.1 Å². The number of rotatable bonds is 6. The Morgan fingerprint density at radius 3 is 2.26 bits per heavy atom. The summed E-state index contributed by atoms with van der Waals surface area (Å²) in [4.78, 5) is 0.627. The molecule has 39 heavy (non-hydrogen) atoms. The second kappa shape index (κ2) is 14.1. The molecule has 1 fully saturated rings. The molecule has 0 saturated carbocycles. The summed E-state index contributed by atoms with van der Waals surface area (Å²) in [6.07, 6.45) is 2.85. The van der Waals surface area contributed by atoms with Gasteiger partial charge in [-0.1, -0.05) is 45.9 Å². The first kappa shape index (κ1) is 30.2. The first-order valence-corrected chi connectivity index (χ1v) is 14.6. The summed E-state index contributed by atoms with van der Waals surface area (Å²) in [6.45, 7) is 11.3. The fraction of sp³-hybridized carbons (Fsp3) is 0.323. The lowest BCUT2D eigenvalue weighted by Crippen LogP contribution is -2.17. The van der Waals surface area contributed by atoms with Crippen LogP contribution in [0.1, 0.15) is 63.3 Å². The van der Waals surface area contributed by atoms with Gasteiger partial charge in [-0.25, -0.2) is 13.0 Å². The molecule has 5 rings (SSSR count). The van der Waals surface area contributed by atoms with Gasteiger partial charge < -0.3 is 19.4 Å². The summed E-state index contributed by atoms with van der Waals surface area (Å²) in [7, 11) is -1.51. The van der Waals surface area contributed by atoms with Crippen LogP contribution in [-0.2, 0) is 15.7 Å². The van der Waals surface area contributed by atoms with Crippen molar-refractivity contribution >= 4 is 33.8 Å². The first-order chi connectivity index (χ1) is 19.0. The highest BCUT2D eigenvalue weighted by molar-refractivity contribution is 7.86. The number of halogens is 2. The zero-order valence-electron chi connectivity index (χ0n) is 23.2. The van der Waals surface area contributed by atoms with Gasteiger partial charge in [0.25, 0.3) is 0 Å². The fourth-order valence-corrected chi connectivity index (χ4v) is 5.70. The highest BCUT2D eigenvalue weighted by atomic mass is 32.2. The minimum absolute atomic E-state index is 0.183. The lowest BCUT2D eigenvalue weighted by molar-refractivity contribution is 0.0841. The van der Waals surface area contributed by atoms with Crippen LogP contribution in [0.25, 0.3) is 16.6 Å². The Kier molecular flexibility index (Phi) is 10.9. The minimum atomic E-state index is -1.51. The molecule has 208 valence electrons. The van der Waals surface area contributed by atoms with E-state index in [2.05, 4.69) is 4.72 Å². The van der Waals surface area contributed by atoms with Gasteiger partial charge in [0, 0.05) is 53.7 Å². The predicted molar refractivity (Wildman–Crippen MR) is 158 cm³/mol. The van der Waals surface area contributed by atoms with E-state index in [9.17, 15) is 13.0 Å². The van der Waals surface area contributed by atoms with E-state index in [1.165, 1.54) is 12.3 Å². The Morgan fingerprint density at radius 1 is 0.974 bits per heavy atom. The molecule has 0 radical (unpaired) electrons. The molecular formula is C31H37F2N3O2S. The van der Waals surface area contributed by atoms with Gasteiger partial charge in [-0.2, -0.15) is 0 Å². The van der Waals surface area contributed by atoms with Crippen LogP contribution in [0, 0.1) is 24.0 Å². The Bertz CT molecular complexity index is 1430. The quantitative estimate of drug-likeness (QED) is 0.236. The molecule has 1 aliphatic heterocycles. The van der Waals surface area contributed by atoms with Crippen molar-refractivity contribution in [1.82, 2.24) is 4.57 Å². The summed E-state index contributed by atoms with van der Waals surface area (Å²) < 4.78 is 51.5. The number of ether oxygens (including phenoxy) is 1. The van der Waals surface area contributed by atoms with E-state index in [0.29, 0.717) is 35.0 Å². The van der Waals surface area contributed by atoms with Crippen molar-refractivity contribution in [2.24, 2.45) is 0 Å². The van der Waals surface area contributed by atoms with Gasteiger partial charge in [-0.05, 0) is 61.7 Å². The van der Waals surface area contributed by atoms with Crippen LogP contribution in [0.3, 0.4) is 0 Å². The summed E-state index contributed by atoms with van der Waals surface area (Å²) >= 11 is 0. The first-order valence-electron chi connectivity index (χ1n) is 13.4. The van der Waals surface area contributed by atoms with Crippen molar-refractivity contribution in [1.29, 1.82) is 5.41 Å². The van der Waals surface area contributed by atoms with Crippen molar-refractivity contribution in [3.05, 3.63) is 89.1 Å². The number of fused-ring (bicyclic) bond motifs is 1. The number of aromatic nitrogens is 1. The van der Waals surface area contributed by atoms with E-state index in [1.54, 1.807) is 18.2 Å². The third kappa shape index (κ3) is 6.45. The van der Waals surface area contributed by atoms with Crippen molar-refractivity contribution in [2.45, 2.75) is 58.3 Å². The van der Waals surface area contributed by atoms with Crippen LogP contribution in [-0.4, -0.2) is 28.2 Å². The number of nitrogens with one attached hydrogen (secondary N) is 2. The summed E-state index contributed by atoms with van der Waals surface area (Å²) in [5.74, 6) is -1.63. The third-order valence-corrected chi connectivity index (χ3v) is 7.63. The molecule has 2 heterocycles. The van der Waals surface area contributed by atoms with E-state index in [1.807, 2.05) is 69.5 Å². The molecule has 1 aromatic heterocycles. The van der Waals surface area contributed by atoms with Crippen LogP contribution in [0.2, 0.25) is 0 Å². The van der Waals surface area contributed by atoms with E-state index in [4.69, 9.17) is 10.1 Å². The molecule has 2 N–H and O–H groups in total. The highest BCUT2D eigenvalue weighted by Gasteiger charge is 2.26. The molecule has 3 aromatic carbocycles. The molecule has 1 unspecified atom stereocenters. The van der Waals surface area contributed by atoms with E-state index < -0.39 is 22.6 Å². The standard InChI is InChI=1S/C27H25F2N3O2S.2C2H6/c1-17-22-15-25(31-35(33)21-5-3-2-4-6-21)19(16-30)13-26(22)32(20-7-8-23(28)24(29)14-20)27(17)18-9-11-34-12-10-18;2*1-2/h2-8,13-16,18,30-31H,9-12H2,1H3;2*1-2H3. The van der Waals surface area contributed by atoms with E-state index in [-0.39, 0.29) is 5.92 Å². The molecule has 8 heteroatoms. The van der Waals surface area contributed by atoms with Crippen molar-refractivity contribution in [2.75, 3.05) is 17.9 Å². The van der Waals surface area contributed by atoms with Gasteiger partial charge in [0.1, 0.15) is 11.0 Å². The lowest BCUT2D eigenvalue weighted by atomic mass is 9.93. The molecular weight excluding hydrogens is 516 g/mol. The Morgan fingerprint density at radius 2 is 1.64 bits per heavy atom. The number of benzene rings is 3. The lowest BCUT2D eigenvalue weighted by Gasteiger charge is -2.25. The average molecular weight is 554 g/mol. The smallest absolute Gasteiger partial charge is 0.160 e. The topological polar surface area (TPSA) is 67.1 Å². The number of hydrogen-bond acceptors (Lipinski definition) is 3. The molecule has 1 aliphatic rings. The van der Waals surface area contributed by atoms with Gasteiger partial charge in [-0.15, -0.1) is 0 Å². The van der Waals surface area contributed by atoms with Crippen molar-refractivity contribution in [3.8, 4) is 5.69 Å². The maximum absolute atomic E-state index is 14.3. The number of aryl methyl sites for hydroxylation is 1. The number of nitrogens with zero attached hydrogens (tertiary/aromatic N) is 1. The summed E-state index contributed by atoms with van der Waals surface area (Å²) in [6, 6.07) is 16.7. The third-order valence-electron chi connectivity index (χ3n) is 6.52. The molecule has 0 bridgehead atoms. The maximum atomic E-state index is 14.3. The normalized spacial score (nSPS) is 14.0. The second-order valence-corrected chi connectivity index (χ2v) is 9.83. The average Bonchev–Trinajstić information content (AvgIpc) is 3.28. The van der Waals surface area contributed by atoms with Crippen LogP contribution >= 0.6 is 0 Å². The Labute approximate surface area is 232 Å². The van der Waals surface area contributed by atoms with Crippen LogP contribution in [0.5, 0.6) is 0 Å². The van der Waals surface area contributed by atoms with Gasteiger partial charge in [0.15, 0.2) is 11.6 Å². The number of hydrogen-bond donors (Lipinski definition) is 2. The van der Waals surface area contributed by atoms with Gasteiger partial charge in [0.2, 0.25) is 0 Å². The van der Waals surface area contributed by atoms with Crippen LogP contribution in [0.15, 0.2) is 65.6 Å². The summed E-state index contributed by atoms with van der Waals surface area (Å²) in [5.41, 5.74) is 4.45. The zero-order chi connectivity index (χ0) is 28.5. The molecule has 0 amide bonds. The van der Waals surface area contributed by atoms with Gasteiger partial charge in [0.05, 0.1) is 16.1 Å². The predicted octanol–water partition coefficient (Wildman–Crippen LogP) is 8.30. The molecule has 4 aromatic rings.